The van der Waals surface area contributed by atoms with Crippen molar-refractivity contribution < 1.29 is 38.7 Å². The molecule has 2 aliphatic rings. The first-order valence-corrected chi connectivity index (χ1v) is 17.8. The number of rotatable bonds is 16. The highest BCUT2D eigenvalue weighted by Crippen LogP contribution is 2.42. The molecule has 52 heavy (non-hydrogen) atoms. The van der Waals surface area contributed by atoms with E-state index in [1.54, 1.807) is 65.0 Å². The quantitative estimate of drug-likeness (QED) is 0.157. The second-order valence-corrected chi connectivity index (χ2v) is 14.2. The maximum absolute atomic E-state index is 14.3. The number of carboxylic acid groups (broad SMARTS) is 1. The number of nitrogens with one attached hydrogen (secondary N) is 4. The van der Waals surface area contributed by atoms with Gasteiger partial charge in [-0.15, -0.1) is 0 Å². The molecular formula is C37H49N7O8. The van der Waals surface area contributed by atoms with Crippen molar-refractivity contribution in [2.75, 3.05) is 6.54 Å². The number of ketones is 1. The largest absolute Gasteiger partial charge is 0.480 e. The van der Waals surface area contributed by atoms with Crippen molar-refractivity contribution in [2.24, 2.45) is 23.7 Å². The average Bonchev–Trinajstić information content (AvgIpc) is 3.73. The molecule has 1 unspecified atom stereocenters. The number of benzene rings is 1. The molecule has 0 bridgehead atoms. The zero-order valence-corrected chi connectivity index (χ0v) is 30.2. The summed E-state index contributed by atoms with van der Waals surface area (Å²) in [7, 11) is 0. The van der Waals surface area contributed by atoms with Crippen LogP contribution in [0, 0.1) is 23.7 Å². The van der Waals surface area contributed by atoms with Crippen LogP contribution in [0.15, 0.2) is 48.9 Å². The van der Waals surface area contributed by atoms with Crippen LogP contribution in [-0.4, -0.2) is 98.0 Å². The normalized spacial score (nSPS) is 20.3. The number of nitrogens with zero attached hydrogens (tertiary/aromatic N) is 3. The van der Waals surface area contributed by atoms with Crippen LogP contribution in [0.25, 0.3) is 0 Å². The van der Waals surface area contributed by atoms with E-state index < -0.39 is 77.4 Å². The SMILES string of the molecule is CCC(NC(=O)[C@@H]1[C@H]2CCC[C@H]2CN1C(=O)[C@@H](NC(=O)[C@@H](NC(=O)c1cnccn1)C(C)C)C(C)C)C(=O)C(=O)N[C@@H](Cc1ccccc1)C(=O)O. The number of Topliss-reactive ketones (excluding diaryl/α,β-unsaturated/α-hetero) is 1. The second kappa shape index (κ2) is 17.8. The van der Waals surface area contributed by atoms with Crippen molar-refractivity contribution in [3.05, 3.63) is 60.2 Å². The van der Waals surface area contributed by atoms with Gasteiger partial charge in [0.05, 0.1) is 12.2 Å². The third-order valence-electron chi connectivity index (χ3n) is 9.86. The Hall–Kier alpha value is -5.21. The van der Waals surface area contributed by atoms with Crippen LogP contribution >= 0.6 is 0 Å². The molecule has 280 valence electrons. The molecule has 0 spiro atoms. The summed E-state index contributed by atoms with van der Waals surface area (Å²) in [5.41, 5.74) is 0.688. The van der Waals surface area contributed by atoms with Gasteiger partial charge in [0.25, 0.3) is 11.8 Å². The molecule has 5 amide bonds. The minimum atomic E-state index is -1.37. The lowest BCUT2D eigenvalue weighted by molar-refractivity contribution is -0.146. The topological polar surface area (TPSA) is 217 Å². The summed E-state index contributed by atoms with van der Waals surface area (Å²) in [6, 6.07) is 3.04. The Morgan fingerprint density at radius 2 is 1.56 bits per heavy atom. The molecule has 1 aliphatic carbocycles. The molecule has 4 rings (SSSR count). The van der Waals surface area contributed by atoms with Crippen LogP contribution in [-0.2, 0) is 35.2 Å². The summed E-state index contributed by atoms with van der Waals surface area (Å²) < 4.78 is 0. The Bertz CT molecular complexity index is 1620. The number of fused-ring (bicyclic) bond motifs is 1. The van der Waals surface area contributed by atoms with Crippen molar-refractivity contribution >= 4 is 41.3 Å². The Morgan fingerprint density at radius 1 is 0.865 bits per heavy atom. The first kappa shape index (κ1) is 39.6. The van der Waals surface area contributed by atoms with Gasteiger partial charge in [-0.25, -0.2) is 9.78 Å². The van der Waals surface area contributed by atoms with E-state index in [0.29, 0.717) is 12.0 Å². The van der Waals surface area contributed by atoms with Crippen LogP contribution in [0.2, 0.25) is 0 Å². The van der Waals surface area contributed by atoms with E-state index in [4.69, 9.17) is 0 Å². The van der Waals surface area contributed by atoms with Crippen molar-refractivity contribution in [3.8, 4) is 0 Å². The summed E-state index contributed by atoms with van der Waals surface area (Å²) >= 11 is 0. The van der Waals surface area contributed by atoms with Crippen molar-refractivity contribution in [3.63, 3.8) is 0 Å². The minimum Gasteiger partial charge on any atom is -0.480 e. The maximum Gasteiger partial charge on any atom is 0.326 e. The molecule has 1 saturated heterocycles. The number of hydrogen-bond acceptors (Lipinski definition) is 9. The fourth-order valence-electron chi connectivity index (χ4n) is 7.02. The fourth-order valence-corrected chi connectivity index (χ4v) is 7.02. The zero-order chi connectivity index (χ0) is 38.1. The minimum absolute atomic E-state index is 0.0325. The molecule has 1 aromatic heterocycles. The third kappa shape index (κ3) is 9.56. The van der Waals surface area contributed by atoms with E-state index in [1.165, 1.54) is 23.5 Å². The predicted molar refractivity (Wildman–Crippen MR) is 188 cm³/mol. The predicted octanol–water partition coefficient (Wildman–Crippen LogP) is 1.27. The molecular weight excluding hydrogens is 670 g/mol. The maximum atomic E-state index is 14.3. The highest BCUT2D eigenvalue weighted by Gasteiger charge is 2.51. The van der Waals surface area contributed by atoms with E-state index in [-0.39, 0.29) is 42.8 Å². The van der Waals surface area contributed by atoms with Gasteiger partial charge in [0, 0.05) is 25.4 Å². The summed E-state index contributed by atoms with van der Waals surface area (Å²) in [6.45, 7) is 8.94. The third-order valence-corrected chi connectivity index (χ3v) is 9.86. The molecule has 1 aliphatic heterocycles. The van der Waals surface area contributed by atoms with Gasteiger partial charge in [-0.3, -0.25) is 33.8 Å². The summed E-state index contributed by atoms with van der Waals surface area (Å²) in [5.74, 6) is -6.58. The Morgan fingerprint density at radius 3 is 2.15 bits per heavy atom. The van der Waals surface area contributed by atoms with Crippen molar-refractivity contribution in [1.82, 2.24) is 36.1 Å². The standard InChI is InChI=1S/C37H49N7O8/c1-6-25(31(45)35(49)41-26(37(51)52)17-22-11-8-7-9-12-22)40-34(48)30-24-14-10-13-23(24)19-44(30)36(50)29(21(4)5)43-33(47)28(20(2)3)42-32(46)27-18-38-15-16-39-27/h7-9,11-12,15-16,18,20-21,23-26,28-30H,6,10,13-14,17,19H2,1-5H3,(H,40,48)(H,41,49)(H,42,46)(H,43,47)(H,51,52)/t23-,24-,25?,26-,28-,29-,30-/m0/s1. The summed E-state index contributed by atoms with van der Waals surface area (Å²) in [6.07, 6.45) is 6.42. The van der Waals surface area contributed by atoms with Crippen LogP contribution < -0.4 is 21.3 Å². The van der Waals surface area contributed by atoms with Gasteiger partial charge in [0.1, 0.15) is 29.9 Å². The number of aliphatic carboxylic acids is 1. The van der Waals surface area contributed by atoms with E-state index in [0.717, 1.165) is 12.8 Å². The number of aromatic nitrogens is 2. The number of likely N-dealkylation sites (tertiary alicyclic amines) is 1. The zero-order valence-electron chi connectivity index (χ0n) is 30.2. The van der Waals surface area contributed by atoms with Crippen molar-refractivity contribution in [2.45, 2.75) is 96.9 Å². The van der Waals surface area contributed by atoms with Crippen LogP contribution in [0.3, 0.4) is 0 Å². The van der Waals surface area contributed by atoms with Gasteiger partial charge in [-0.05, 0) is 48.5 Å². The highest BCUT2D eigenvalue weighted by molar-refractivity contribution is 6.38. The van der Waals surface area contributed by atoms with Gasteiger partial charge in [0.15, 0.2) is 0 Å². The van der Waals surface area contributed by atoms with Crippen LogP contribution in [0.1, 0.15) is 76.4 Å². The van der Waals surface area contributed by atoms with Crippen LogP contribution in [0.4, 0.5) is 0 Å². The van der Waals surface area contributed by atoms with Gasteiger partial charge in [-0.2, -0.15) is 0 Å². The van der Waals surface area contributed by atoms with Crippen LogP contribution in [0.5, 0.6) is 0 Å². The number of amides is 5. The first-order valence-electron chi connectivity index (χ1n) is 17.8. The molecule has 2 aromatic rings. The number of carbonyl (C=O) groups excluding carboxylic acids is 6. The molecule has 2 fully saturated rings. The lowest BCUT2D eigenvalue weighted by Gasteiger charge is -2.33. The van der Waals surface area contributed by atoms with E-state index in [9.17, 15) is 38.7 Å². The highest BCUT2D eigenvalue weighted by atomic mass is 16.4. The first-order chi connectivity index (χ1) is 24.7. The molecule has 1 aromatic carbocycles. The van der Waals surface area contributed by atoms with E-state index in [1.807, 2.05) is 0 Å². The van der Waals surface area contributed by atoms with Gasteiger partial charge >= 0.3 is 5.97 Å². The van der Waals surface area contributed by atoms with Gasteiger partial charge < -0.3 is 31.3 Å². The molecule has 15 nitrogen and oxygen atoms in total. The smallest absolute Gasteiger partial charge is 0.326 e. The summed E-state index contributed by atoms with van der Waals surface area (Å²) in [4.78, 5) is 102. The van der Waals surface area contributed by atoms with E-state index >= 15 is 0 Å². The number of hydrogen-bond donors (Lipinski definition) is 5. The molecule has 2 heterocycles. The van der Waals surface area contributed by atoms with E-state index in [2.05, 4.69) is 31.2 Å². The number of carboxylic acids is 1. The number of carbonyl (C=O) groups is 7. The molecule has 0 radical (unpaired) electrons. The lowest BCUT2D eigenvalue weighted by Crippen LogP contribution is -2.60. The van der Waals surface area contributed by atoms with Crippen molar-refractivity contribution in [1.29, 1.82) is 0 Å². The van der Waals surface area contributed by atoms with Gasteiger partial charge in [0.2, 0.25) is 23.5 Å². The molecule has 15 heteroatoms. The molecule has 7 atom stereocenters. The Balaban J connectivity index is 1.48. The molecule has 1 saturated carbocycles. The fraction of sp³-hybridized carbons (Fsp3) is 0.541. The average molecular weight is 720 g/mol. The molecule has 5 N–H and O–H groups in total. The Kier molecular flexibility index (Phi) is 13.6. The Labute approximate surface area is 303 Å². The monoisotopic (exact) mass is 719 g/mol. The lowest BCUT2D eigenvalue weighted by atomic mass is 9.92. The van der Waals surface area contributed by atoms with Gasteiger partial charge in [-0.1, -0.05) is 71.4 Å². The second-order valence-electron chi connectivity index (χ2n) is 14.2. The summed E-state index contributed by atoms with van der Waals surface area (Å²) in [5, 5.41) is 20.2.